The molecule has 3 aliphatic heterocycles. The smallest absolute Gasteiger partial charge is 0.369 e. The Bertz CT molecular complexity index is 815. The topological polar surface area (TPSA) is 56.8 Å². The van der Waals surface area contributed by atoms with Crippen molar-refractivity contribution in [2.24, 2.45) is 0 Å². The van der Waals surface area contributed by atoms with Gasteiger partial charge in [0.25, 0.3) is 0 Å². The fourth-order valence-corrected chi connectivity index (χ4v) is 6.11. The number of piperidine rings is 1. The van der Waals surface area contributed by atoms with Gasteiger partial charge in [0.2, 0.25) is 0 Å². The van der Waals surface area contributed by atoms with E-state index in [9.17, 15) is 18.0 Å². The number of fused-ring (bicyclic) bond motifs is 2. The number of likely N-dealkylation sites (tertiary alicyclic amines) is 1. The summed E-state index contributed by atoms with van der Waals surface area (Å²) in [7, 11) is 1.78. The summed E-state index contributed by atoms with van der Waals surface area (Å²) in [4.78, 5) is 14.1. The maximum Gasteiger partial charge on any atom is 0.471 e. The van der Waals surface area contributed by atoms with E-state index in [1.54, 1.807) is 29.6 Å². The molecule has 2 atom stereocenters. The second-order valence-corrected chi connectivity index (χ2v) is 9.74. The van der Waals surface area contributed by atoms with Gasteiger partial charge in [-0.05, 0) is 40.4 Å². The van der Waals surface area contributed by atoms with Crippen LogP contribution in [-0.2, 0) is 21.6 Å². The Labute approximate surface area is 172 Å². The molecule has 1 amide bonds. The molecule has 4 heterocycles. The molecule has 11 heteroatoms. The molecule has 1 fully saturated rings. The van der Waals surface area contributed by atoms with Crippen molar-refractivity contribution in [2.45, 2.75) is 43.5 Å². The molecule has 154 valence electrons. The van der Waals surface area contributed by atoms with E-state index >= 15 is 0 Å². The number of hydrogen-bond acceptors (Lipinski definition) is 6. The molecule has 4 rings (SSSR count). The SMILES string of the molecule is CN1C=C(CC2CC3(CCN2C(=O)C(F)(F)F)OCCc2cc(Br)sc23)NN1. The minimum Gasteiger partial charge on any atom is -0.369 e. The standard InChI is InChI=1S/C17H20BrF3N4O2S/c1-24-9-11(22-23-24)7-12-8-16(3-4-25(12)15(26)17(19,20)21)14-10(2-5-27-16)6-13(18)28-14/h6,9,12,22-23H,2-5,7-8H2,1H3. The number of carbonyl (C=O) groups excluding carboxylic acids is 1. The molecule has 1 spiro atoms. The van der Waals surface area contributed by atoms with Crippen LogP contribution in [0.4, 0.5) is 13.2 Å². The number of thiophene rings is 1. The molecule has 2 unspecified atom stereocenters. The van der Waals surface area contributed by atoms with Crippen molar-refractivity contribution >= 4 is 33.2 Å². The van der Waals surface area contributed by atoms with Gasteiger partial charge in [0, 0.05) is 49.3 Å². The zero-order valence-corrected chi connectivity index (χ0v) is 17.5. The third-order valence-corrected chi connectivity index (χ3v) is 7.27. The van der Waals surface area contributed by atoms with E-state index < -0.39 is 23.7 Å². The summed E-state index contributed by atoms with van der Waals surface area (Å²) >= 11 is 5.08. The summed E-state index contributed by atoms with van der Waals surface area (Å²) in [6.07, 6.45) is -1.36. The fourth-order valence-electron chi connectivity index (χ4n) is 4.23. The second-order valence-electron chi connectivity index (χ2n) is 7.31. The summed E-state index contributed by atoms with van der Waals surface area (Å²) in [6.45, 7) is 0.538. The second kappa shape index (κ2) is 7.19. The number of hydrogen-bond donors (Lipinski definition) is 2. The molecule has 0 radical (unpaired) electrons. The minimum atomic E-state index is -4.89. The van der Waals surface area contributed by atoms with E-state index in [1.165, 1.54) is 5.56 Å². The van der Waals surface area contributed by atoms with Crippen LogP contribution in [0.1, 0.15) is 29.7 Å². The summed E-state index contributed by atoms with van der Waals surface area (Å²) in [5, 5.41) is 1.68. The lowest BCUT2D eigenvalue weighted by Crippen LogP contribution is -2.56. The van der Waals surface area contributed by atoms with Crippen molar-refractivity contribution in [1.82, 2.24) is 20.9 Å². The van der Waals surface area contributed by atoms with Crippen molar-refractivity contribution in [3.05, 3.63) is 32.2 Å². The van der Waals surface area contributed by atoms with E-state index in [0.717, 1.165) is 25.7 Å². The van der Waals surface area contributed by atoms with Gasteiger partial charge in [0.05, 0.1) is 10.4 Å². The Morgan fingerprint density at radius 2 is 2.29 bits per heavy atom. The van der Waals surface area contributed by atoms with Crippen molar-refractivity contribution < 1.29 is 22.7 Å². The highest BCUT2D eigenvalue weighted by molar-refractivity contribution is 9.11. The van der Waals surface area contributed by atoms with E-state index in [2.05, 4.69) is 33.0 Å². The number of amides is 1. The summed E-state index contributed by atoms with van der Waals surface area (Å²) in [5.41, 5.74) is 7.06. The van der Waals surface area contributed by atoms with E-state index in [0.29, 0.717) is 19.4 Å². The summed E-state index contributed by atoms with van der Waals surface area (Å²) in [5.74, 6) is -1.78. The average Bonchev–Trinajstić information content (AvgIpc) is 3.20. The number of halogens is 4. The first-order valence-electron chi connectivity index (χ1n) is 8.93. The molecule has 1 saturated heterocycles. The van der Waals surface area contributed by atoms with Crippen LogP contribution >= 0.6 is 27.3 Å². The van der Waals surface area contributed by atoms with Gasteiger partial charge in [-0.3, -0.25) is 9.80 Å². The molecule has 3 aliphatic rings. The van der Waals surface area contributed by atoms with E-state index in [-0.39, 0.29) is 13.0 Å². The molecule has 0 aliphatic carbocycles. The molecule has 1 aromatic heterocycles. The maximum absolute atomic E-state index is 13.2. The zero-order chi connectivity index (χ0) is 20.1. The van der Waals surface area contributed by atoms with Gasteiger partial charge in [-0.25, -0.2) is 0 Å². The number of nitrogens with one attached hydrogen (secondary N) is 2. The predicted molar refractivity (Wildman–Crippen MR) is 101 cm³/mol. The molecule has 0 aromatic carbocycles. The Kier molecular flexibility index (Phi) is 5.13. The van der Waals surface area contributed by atoms with Crippen molar-refractivity contribution in [3.63, 3.8) is 0 Å². The zero-order valence-electron chi connectivity index (χ0n) is 15.1. The van der Waals surface area contributed by atoms with Gasteiger partial charge in [-0.1, -0.05) is 0 Å². The monoisotopic (exact) mass is 480 g/mol. The van der Waals surface area contributed by atoms with Gasteiger partial charge in [0.1, 0.15) is 5.60 Å². The largest absolute Gasteiger partial charge is 0.471 e. The first-order valence-corrected chi connectivity index (χ1v) is 10.5. The van der Waals surface area contributed by atoms with Crippen LogP contribution in [0.25, 0.3) is 0 Å². The number of rotatable bonds is 2. The molecule has 6 nitrogen and oxygen atoms in total. The van der Waals surface area contributed by atoms with Crippen LogP contribution in [-0.4, -0.2) is 48.2 Å². The van der Waals surface area contributed by atoms with Crippen LogP contribution < -0.4 is 11.0 Å². The molecule has 28 heavy (non-hydrogen) atoms. The van der Waals surface area contributed by atoms with Gasteiger partial charge in [-0.2, -0.15) is 13.2 Å². The third kappa shape index (κ3) is 3.64. The minimum absolute atomic E-state index is 0.00845. The molecule has 0 saturated carbocycles. The van der Waals surface area contributed by atoms with Crippen LogP contribution in [0, 0.1) is 0 Å². The molecule has 0 bridgehead atoms. The average molecular weight is 481 g/mol. The van der Waals surface area contributed by atoms with Crippen molar-refractivity contribution in [2.75, 3.05) is 20.2 Å². The van der Waals surface area contributed by atoms with Gasteiger partial charge >= 0.3 is 12.1 Å². The first kappa shape index (κ1) is 20.0. The number of ether oxygens (including phenoxy) is 1. The lowest BCUT2D eigenvalue weighted by atomic mass is 9.80. The predicted octanol–water partition coefficient (Wildman–Crippen LogP) is 3.02. The Morgan fingerprint density at radius 3 is 2.96 bits per heavy atom. The molecule has 2 N–H and O–H groups in total. The number of alkyl halides is 3. The lowest BCUT2D eigenvalue weighted by Gasteiger charge is -2.48. The maximum atomic E-state index is 13.2. The summed E-state index contributed by atoms with van der Waals surface area (Å²) in [6, 6.07) is 1.44. The fraction of sp³-hybridized carbons (Fsp3) is 0.588. The van der Waals surface area contributed by atoms with E-state index in [1.807, 2.05) is 0 Å². The van der Waals surface area contributed by atoms with Crippen LogP contribution in [0.3, 0.4) is 0 Å². The van der Waals surface area contributed by atoms with Gasteiger partial charge < -0.3 is 15.1 Å². The number of nitrogens with zero attached hydrogens (tertiary/aromatic N) is 2. The van der Waals surface area contributed by atoms with Gasteiger partial charge in [0.15, 0.2) is 0 Å². The first-order chi connectivity index (χ1) is 13.2. The molecular weight excluding hydrogens is 461 g/mol. The highest BCUT2D eigenvalue weighted by Crippen LogP contribution is 2.49. The summed E-state index contributed by atoms with van der Waals surface area (Å²) < 4.78 is 46.7. The number of carbonyl (C=O) groups is 1. The van der Waals surface area contributed by atoms with Crippen molar-refractivity contribution in [3.8, 4) is 0 Å². The molecule has 1 aromatic rings. The van der Waals surface area contributed by atoms with Crippen LogP contribution in [0.15, 0.2) is 21.7 Å². The quantitative estimate of drug-likeness (QED) is 0.681. The Balaban J connectivity index is 1.65. The van der Waals surface area contributed by atoms with Gasteiger partial charge in [-0.15, -0.1) is 16.9 Å². The van der Waals surface area contributed by atoms with Crippen molar-refractivity contribution in [1.29, 1.82) is 0 Å². The third-order valence-electron chi connectivity index (χ3n) is 5.41. The highest BCUT2D eigenvalue weighted by Gasteiger charge is 2.52. The number of hydrazine groups is 2. The van der Waals surface area contributed by atoms with Crippen LogP contribution in [0.5, 0.6) is 0 Å². The van der Waals surface area contributed by atoms with E-state index in [4.69, 9.17) is 4.74 Å². The Hall–Kier alpha value is -1.30. The Morgan fingerprint density at radius 1 is 1.50 bits per heavy atom. The van der Waals surface area contributed by atoms with Crippen LogP contribution in [0.2, 0.25) is 0 Å². The normalized spacial score (nSPS) is 27.6. The lowest BCUT2D eigenvalue weighted by molar-refractivity contribution is -0.195. The molecular formula is C17H20BrF3N4O2S. The highest BCUT2D eigenvalue weighted by atomic mass is 79.9.